The highest BCUT2D eigenvalue weighted by molar-refractivity contribution is 5.77. The van der Waals surface area contributed by atoms with Gasteiger partial charge in [-0.3, -0.25) is 19.4 Å². The lowest BCUT2D eigenvalue weighted by Crippen LogP contribution is -2.43. The van der Waals surface area contributed by atoms with Crippen LogP contribution in [0.25, 0.3) is 0 Å². The molecule has 0 spiro atoms. The summed E-state index contributed by atoms with van der Waals surface area (Å²) < 4.78 is 16.7. The van der Waals surface area contributed by atoms with E-state index >= 15 is 0 Å². The lowest BCUT2D eigenvalue weighted by Gasteiger charge is -2.40. The van der Waals surface area contributed by atoms with Crippen LogP contribution in [0.4, 0.5) is 0 Å². The highest BCUT2D eigenvalue weighted by Gasteiger charge is 2.44. The van der Waals surface area contributed by atoms with Crippen molar-refractivity contribution in [2.45, 2.75) is 47.5 Å². The zero-order chi connectivity index (χ0) is 29.4. The van der Waals surface area contributed by atoms with E-state index in [-0.39, 0.29) is 79.6 Å². The standard InChI is InChI=1S/C25H51N3O10/c1-23(2,21(34)37-18-26(6)7-10-29)13-25(5,15-36-19-27(16-32)8-11-30)14-24(3,4)22(35)38-20-28(17-33)9-12-31/h29-33H,7-20H2,1-6H3. The van der Waals surface area contributed by atoms with Crippen molar-refractivity contribution in [2.75, 3.05) is 86.8 Å². The van der Waals surface area contributed by atoms with Gasteiger partial charge in [0, 0.05) is 19.6 Å². The molecular formula is C25H51N3O10. The maximum absolute atomic E-state index is 13.0. The van der Waals surface area contributed by atoms with E-state index in [0.29, 0.717) is 13.0 Å². The van der Waals surface area contributed by atoms with Gasteiger partial charge in [-0.25, -0.2) is 4.90 Å². The fourth-order valence-corrected chi connectivity index (χ4v) is 4.44. The van der Waals surface area contributed by atoms with E-state index in [1.165, 1.54) is 9.80 Å². The molecule has 226 valence electrons. The molecule has 0 aliphatic heterocycles. The van der Waals surface area contributed by atoms with Crippen LogP contribution in [0, 0.1) is 16.2 Å². The summed E-state index contributed by atoms with van der Waals surface area (Å²) >= 11 is 0. The third-order valence-corrected chi connectivity index (χ3v) is 6.08. The van der Waals surface area contributed by atoms with Crippen LogP contribution in [0.2, 0.25) is 0 Å². The Morgan fingerprint density at radius 1 is 0.658 bits per heavy atom. The summed E-state index contributed by atoms with van der Waals surface area (Å²) in [5, 5.41) is 46.1. The molecule has 0 heterocycles. The van der Waals surface area contributed by atoms with Gasteiger partial charge >= 0.3 is 11.9 Å². The van der Waals surface area contributed by atoms with Gasteiger partial charge in [0.25, 0.3) is 0 Å². The Labute approximate surface area is 226 Å². The first kappa shape index (κ1) is 36.6. The summed E-state index contributed by atoms with van der Waals surface area (Å²) in [7, 11) is 1.72. The van der Waals surface area contributed by atoms with E-state index in [1.807, 2.05) is 6.92 Å². The van der Waals surface area contributed by atoms with Crippen LogP contribution in [-0.4, -0.2) is 139 Å². The molecule has 0 aliphatic carbocycles. The number of ether oxygens (including phenoxy) is 3. The molecule has 0 aromatic rings. The van der Waals surface area contributed by atoms with Crippen LogP contribution in [0.1, 0.15) is 47.5 Å². The molecule has 1 unspecified atom stereocenters. The zero-order valence-corrected chi connectivity index (χ0v) is 24.0. The first-order valence-electron chi connectivity index (χ1n) is 12.8. The molecule has 0 saturated heterocycles. The topological polar surface area (TPSA) is 173 Å². The van der Waals surface area contributed by atoms with E-state index in [4.69, 9.17) is 29.5 Å². The minimum absolute atomic E-state index is 0.0235. The minimum Gasteiger partial charge on any atom is -0.449 e. The van der Waals surface area contributed by atoms with Crippen LogP contribution in [0.5, 0.6) is 0 Å². The fourth-order valence-electron chi connectivity index (χ4n) is 4.44. The highest BCUT2D eigenvalue weighted by atomic mass is 16.6. The summed E-state index contributed by atoms with van der Waals surface area (Å²) in [6.45, 7) is 8.53. The normalized spacial score (nSPS) is 14.3. The molecule has 0 aromatic carbocycles. The monoisotopic (exact) mass is 553 g/mol. The van der Waals surface area contributed by atoms with E-state index in [2.05, 4.69) is 0 Å². The number of likely N-dealkylation sites (N-methyl/N-ethyl adjacent to an activating group) is 1. The third kappa shape index (κ3) is 14.1. The van der Waals surface area contributed by atoms with E-state index in [1.54, 1.807) is 39.6 Å². The molecule has 0 aliphatic rings. The number of aliphatic hydroxyl groups excluding tert-OH is 5. The minimum atomic E-state index is -0.998. The second-order valence-electron chi connectivity index (χ2n) is 11.4. The number of aliphatic hydroxyl groups is 5. The van der Waals surface area contributed by atoms with Crippen LogP contribution in [0.3, 0.4) is 0 Å². The van der Waals surface area contributed by atoms with Gasteiger partial charge in [0.05, 0.1) is 50.7 Å². The maximum Gasteiger partial charge on any atom is 0.312 e. The van der Waals surface area contributed by atoms with Crippen molar-refractivity contribution in [1.82, 2.24) is 14.7 Å². The van der Waals surface area contributed by atoms with Gasteiger partial charge < -0.3 is 39.7 Å². The van der Waals surface area contributed by atoms with Crippen LogP contribution in [0.15, 0.2) is 0 Å². The lowest BCUT2D eigenvalue weighted by atomic mass is 9.66. The average molecular weight is 554 g/mol. The van der Waals surface area contributed by atoms with E-state index in [9.17, 15) is 19.8 Å². The molecule has 5 N–H and O–H groups in total. The molecule has 0 aromatic heterocycles. The van der Waals surface area contributed by atoms with Crippen LogP contribution in [-0.2, 0) is 23.8 Å². The molecular weight excluding hydrogens is 502 g/mol. The Hall–Kier alpha value is -1.42. The number of hydrogen-bond acceptors (Lipinski definition) is 13. The average Bonchev–Trinajstić information content (AvgIpc) is 2.83. The van der Waals surface area contributed by atoms with Crippen LogP contribution >= 0.6 is 0 Å². The molecule has 0 fully saturated rings. The van der Waals surface area contributed by atoms with Crippen molar-refractivity contribution >= 4 is 11.9 Å². The maximum atomic E-state index is 13.0. The Morgan fingerprint density at radius 2 is 1.08 bits per heavy atom. The SMILES string of the molecule is CN(CCO)COC(=O)C(C)(C)CC(C)(COCN(CO)CCO)CC(C)(C)C(=O)OCN(CO)CCO. The summed E-state index contributed by atoms with van der Waals surface area (Å²) in [6.07, 6.45) is 0.573. The van der Waals surface area contributed by atoms with Crippen molar-refractivity contribution in [2.24, 2.45) is 16.2 Å². The van der Waals surface area contributed by atoms with Gasteiger partial charge in [-0.05, 0) is 53.0 Å². The Morgan fingerprint density at radius 3 is 1.50 bits per heavy atom. The van der Waals surface area contributed by atoms with Gasteiger partial charge in [-0.2, -0.15) is 0 Å². The Kier molecular flexibility index (Phi) is 17.4. The number of nitrogens with zero attached hydrogens (tertiary/aromatic N) is 3. The number of rotatable bonds is 22. The molecule has 0 saturated carbocycles. The van der Waals surface area contributed by atoms with Crippen molar-refractivity contribution in [3.05, 3.63) is 0 Å². The molecule has 1 atom stereocenters. The summed E-state index contributed by atoms with van der Waals surface area (Å²) in [6, 6.07) is 0. The number of hydrogen-bond donors (Lipinski definition) is 5. The van der Waals surface area contributed by atoms with Crippen molar-refractivity contribution in [1.29, 1.82) is 0 Å². The highest BCUT2D eigenvalue weighted by Crippen LogP contribution is 2.43. The predicted molar refractivity (Wildman–Crippen MR) is 139 cm³/mol. The Bertz CT molecular complexity index is 680. The first-order chi connectivity index (χ1) is 17.7. The number of carbonyl (C=O) groups is 2. The van der Waals surface area contributed by atoms with Gasteiger partial charge in [0.15, 0.2) is 0 Å². The van der Waals surface area contributed by atoms with E-state index in [0.717, 1.165) is 0 Å². The molecule has 38 heavy (non-hydrogen) atoms. The van der Waals surface area contributed by atoms with E-state index < -0.39 is 28.2 Å². The molecule has 0 rings (SSSR count). The molecule has 13 heteroatoms. The second-order valence-corrected chi connectivity index (χ2v) is 11.4. The second kappa shape index (κ2) is 18.0. The molecule has 0 bridgehead atoms. The van der Waals surface area contributed by atoms with Gasteiger partial charge in [0.2, 0.25) is 0 Å². The van der Waals surface area contributed by atoms with Crippen molar-refractivity contribution < 1.29 is 49.3 Å². The molecule has 13 nitrogen and oxygen atoms in total. The zero-order valence-electron chi connectivity index (χ0n) is 24.0. The smallest absolute Gasteiger partial charge is 0.312 e. The quantitative estimate of drug-likeness (QED) is 0.0835. The lowest BCUT2D eigenvalue weighted by molar-refractivity contribution is -0.166. The predicted octanol–water partition coefficient (Wildman–Crippen LogP) is -0.787. The molecule has 0 amide bonds. The summed E-state index contributed by atoms with van der Waals surface area (Å²) in [4.78, 5) is 30.5. The number of carbonyl (C=O) groups excluding carboxylic acids is 2. The summed E-state index contributed by atoms with van der Waals surface area (Å²) in [5.74, 6) is -0.947. The van der Waals surface area contributed by atoms with Gasteiger partial charge in [0.1, 0.15) is 20.2 Å². The van der Waals surface area contributed by atoms with Crippen molar-refractivity contribution in [3.63, 3.8) is 0 Å². The summed E-state index contributed by atoms with van der Waals surface area (Å²) in [5.41, 5.74) is -2.67. The number of esters is 2. The van der Waals surface area contributed by atoms with Gasteiger partial charge in [-0.15, -0.1) is 0 Å². The Balaban J connectivity index is 5.62. The third-order valence-electron chi connectivity index (χ3n) is 6.08. The van der Waals surface area contributed by atoms with Crippen molar-refractivity contribution in [3.8, 4) is 0 Å². The largest absolute Gasteiger partial charge is 0.449 e. The van der Waals surface area contributed by atoms with Gasteiger partial charge in [-0.1, -0.05) is 6.92 Å². The fraction of sp³-hybridized carbons (Fsp3) is 0.920. The first-order valence-corrected chi connectivity index (χ1v) is 12.8. The molecule has 0 radical (unpaired) electrons. The van der Waals surface area contributed by atoms with Crippen LogP contribution < -0.4 is 0 Å².